The summed E-state index contributed by atoms with van der Waals surface area (Å²) in [7, 11) is 0. The molecule has 0 saturated carbocycles. The smallest absolute Gasteiger partial charge is 0.263 e. The van der Waals surface area contributed by atoms with E-state index in [9.17, 15) is 13.9 Å². The van der Waals surface area contributed by atoms with Gasteiger partial charge in [-0.3, -0.25) is 0 Å². The molecule has 0 amide bonds. The first-order valence-corrected chi connectivity index (χ1v) is 4.78. The zero-order valence-electron chi connectivity index (χ0n) is 7.01. The van der Waals surface area contributed by atoms with Gasteiger partial charge < -0.3 is 9.84 Å². The maximum Gasteiger partial charge on any atom is 0.263 e. The quantitative estimate of drug-likeness (QED) is 0.832. The number of benzene rings is 1. The van der Waals surface area contributed by atoms with Gasteiger partial charge >= 0.3 is 0 Å². The molecule has 1 fully saturated rings. The Kier molecular flexibility index (Phi) is 2.33. The van der Waals surface area contributed by atoms with E-state index in [1.54, 1.807) is 0 Å². The summed E-state index contributed by atoms with van der Waals surface area (Å²) < 4.78 is 30.8. The second-order valence-corrected chi connectivity index (χ2v) is 4.00. The first-order valence-electron chi connectivity index (χ1n) is 3.99. The molecule has 1 aromatic rings. The lowest BCUT2D eigenvalue weighted by molar-refractivity contribution is -0.0109. The summed E-state index contributed by atoms with van der Waals surface area (Å²) in [6.45, 7) is -0.127. The van der Waals surface area contributed by atoms with E-state index < -0.39 is 17.8 Å². The van der Waals surface area contributed by atoms with E-state index in [1.807, 2.05) is 0 Å². The second kappa shape index (κ2) is 3.25. The van der Waals surface area contributed by atoms with Crippen LogP contribution in [0.2, 0.25) is 0 Å². The van der Waals surface area contributed by atoms with Crippen LogP contribution in [0.25, 0.3) is 0 Å². The Balaban J connectivity index is 2.32. The second-order valence-electron chi connectivity index (χ2n) is 3.14. The average molecular weight is 265 g/mol. The van der Waals surface area contributed by atoms with Crippen molar-refractivity contribution in [1.82, 2.24) is 0 Å². The van der Waals surface area contributed by atoms with Gasteiger partial charge in [0.15, 0.2) is 0 Å². The van der Waals surface area contributed by atoms with E-state index in [-0.39, 0.29) is 12.2 Å². The minimum Gasteiger partial charge on any atom is -0.382 e. The van der Waals surface area contributed by atoms with E-state index in [0.717, 1.165) is 6.07 Å². The van der Waals surface area contributed by atoms with Crippen LogP contribution in [0.3, 0.4) is 0 Å². The molecule has 2 unspecified atom stereocenters. The van der Waals surface area contributed by atoms with Crippen molar-refractivity contribution in [1.29, 1.82) is 0 Å². The number of aliphatic hydroxyl groups is 1. The number of hydrogen-bond acceptors (Lipinski definition) is 2. The molecular weight excluding hydrogens is 258 g/mol. The minimum atomic E-state index is -2.00. The fourth-order valence-corrected chi connectivity index (χ4v) is 1.75. The van der Waals surface area contributed by atoms with Gasteiger partial charge in [-0.05, 0) is 12.1 Å². The lowest BCUT2D eigenvalue weighted by Gasteiger charge is -2.13. The highest BCUT2D eigenvalue weighted by Crippen LogP contribution is 2.43. The van der Waals surface area contributed by atoms with Gasteiger partial charge in [0.05, 0.1) is 0 Å². The molecule has 1 saturated heterocycles. The molecule has 1 heterocycles. The van der Waals surface area contributed by atoms with Crippen molar-refractivity contribution in [3.8, 4) is 0 Å². The van der Waals surface area contributed by atoms with Gasteiger partial charge in [0, 0.05) is 10.0 Å². The molecule has 1 aliphatic rings. The molecule has 1 aromatic carbocycles. The Morgan fingerprint density at radius 1 is 1.57 bits per heavy atom. The molecule has 2 atom stereocenters. The Morgan fingerprint density at radius 3 is 2.71 bits per heavy atom. The normalized spacial score (nSPS) is 27.4. The van der Waals surface area contributed by atoms with Crippen LogP contribution in [0, 0.1) is 5.82 Å². The van der Waals surface area contributed by atoms with Crippen molar-refractivity contribution < 1.29 is 18.6 Å². The SMILES string of the molecule is OC(c1ccc(F)cc1Br)C1(F)CO1. The lowest BCUT2D eigenvalue weighted by Crippen LogP contribution is -2.16. The zero-order chi connectivity index (χ0) is 10.3. The standard InChI is InChI=1S/C9H7BrF2O2/c10-7-3-5(11)1-2-6(7)8(13)9(12)4-14-9/h1-3,8,13H,4H2. The van der Waals surface area contributed by atoms with Crippen LogP contribution in [0.5, 0.6) is 0 Å². The molecule has 1 aliphatic heterocycles. The van der Waals surface area contributed by atoms with Crippen LogP contribution >= 0.6 is 15.9 Å². The fourth-order valence-electron chi connectivity index (χ4n) is 1.18. The van der Waals surface area contributed by atoms with Gasteiger partial charge in [0.1, 0.15) is 18.5 Å². The Morgan fingerprint density at radius 2 is 2.21 bits per heavy atom. The van der Waals surface area contributed by atoms with Gasteiger partial charge in [-0.2, -0.15) is 0 Å². The topological polar surface area (TPSA) is 32.8 Å². The van der Waals surface area contributed by atoms with Gasteiger partial charge in [-0.25, -0.2) is 8.78 Å². The fraction of sp³-hybridized carbons (Fsp3) is 0.333. The molecule has 14 heavy (non-hydrogen) atoms. The molecular formula is C9H7BrF2O2. The van der Waals surface area contributed by atoms with E-state index >= 15 is 0 Å². The third-order valence-electron chi connectivity index (χ3n) is 2.09. The third-order valence-corrected chi connectivity index (χ3v) is 2.77. The van der Waals surface area contributed by atoms with E-state index in [4.69, 9.17) is 0 Å². The maximum absolute atomic E-state index is 13.3. The predicted octanol–water partition coefficient (Wildman–Crippen LogP) is 2.32. The summed E-state index contributed by atoms with van der Waals surface area (Å²) in [5, 5.41) is 9.54. The molecule has 0 spiro atoms. The number of aliphatic hydroxyl groups excluding tert-OH is 1. The summed E-state index contributed by atoms with van der Waals surface area (Å²) in [5.41, 5.74) is 0.284. The monoisotopic (exact) mass is 264 g/mol. The first kappa shape index (κ1) is 10.0. The molecule has 76 valence electrons. The number of halogens is 3. The maximum atomic E-state index is 13.3. The highest BCUT2D eigenvalue weighted by Gasteiger charge is 2.53. The molecule has 0 bridgehead atoms. The van der Waals surface area contributed by atoms with Crippen molar-refractivity contribution in [2.45, 2.75) is 12.0 Å². The van der Waals surface area contributed by atoms with Crippen LogP contribution in [-0.2, 0) is 4.74 Å². The largest absolute Gasteiger partial charge is 0.382 e. The van der Waals surface area contributed by atoms with Gasteiger partial charge in [0.25, 0.3) is 5.85 Å². The first-order chi connectivity index (χ1) is 6.53. The van der Waals surface area contributed by atoms with Gasteiger partial charge in [-0.15, -0.1) is 0 Å². The third kappa shape index (κ3) is 1.67. The molecule has 2 rings (SSSR count). The van der Waals surface area contributed by atoms with E-state index in [2.05, 4.69) is 20.7 Å². The van der Waals surface area contributed by atoms with Crippen LogP contribution in [0.15, 0.2) is 22.7 Å². The zero-order valence-corrected chi connectivity index (χ0v) is 8.59. The minimum absolute atomic E-state index is 0.127. The summed E-state index contributed by atoms with van der Waals surface area (Å²) in [6.07, 6.45) is -1.38. The summed E-state index contributed by atoms with van der Waals surface area (Å²) >= 11 is 3.05. The number of rotatable bonds is 2. The van der Waals surface area contributed by atoms with Crippen LogP contribution in [0.1, 0.15) is 11.7 Å². The van der Waals surface area contributed by atoms with Gasteiger partial charge in [-0.1, -0.05) is 22.0 Å². The van der Waals surface area contributed by atoms with Crippen LogP contribution < -0.4 is 0 Å². The Labute approximate surface area is 87.6 Å². The van der Waals surface area contributed by atoms with Crippen molar-refractivity contribution in [2.24, 2.45) is 0 Å². The highest BCUT2D eigenvalue weighted by molar-refractivity contribution is 9.10. The number of hydrogen-bond donors (Lipinski definition) is 1. The van der Waals surface area contributed by atoms with E-state index in [0.29, 0.717) is 4.47 Å². The molecule has 2 nitrogen and oxygen atoms in total. The molecule has 0 aliphatic carbocycles. The summed E-state index contributed by atoms with van der Waals surface area (Å²) in [5.74, 6) is -2.45. The average Bonchev–Trinajstić information content (AvgIpc) is 2.84. The summed E-state index contributed by atoms with van der Waals surface area (Å²) in [4.78, 5) is 0. The molecule has 1 N–H and O–H groups in total. The Hall–Kier alpha value is -0.520. The highest BCUT2D eigenvalue weighted by atomic mass is 79.9. The molecule has 0 aromatic heterocycles. The number of ether oxygens (including phenoxy) is 1. The van der Waals surface area contributed by atoms with Gasteiger partial charge in [0.2, 0.25) is 0 Å². The lowest BCUT2D eigenvalue weighted by atomic mass is 10.1. The van der Waals surface area contributed by atoms with Crippen molar-refractivity contribution >= 4 is 15.9 Å². The molecule has 5 heteroatoms. The summed E-state index contributed by atoms with van der Waals surface area (Å²) in [6, 6.07) is 3.66. The Bertz CT molecular complexity index is 366. The van der Waals surface area contributed by atoms with Crippen molar-refractivity contribution in [2.75, 3.05) is 6.61 Å². The predicted molar refractivity (Wildman–Crippen MR) is 48.9 cm³/mol. The van der Waals surface area contributed by atoms with Crippen molar-refractivity contribution in [3.05, 3.63) is 34.1 Å². The van der Waals surface area contributed by atoms with Crippen LogP contribution in [0.4, 0.5) is 8.78 Å². The number of epoxide rings is 1. The molecule has 0 radical (unpaired) electrons. The van der Waals surface area contributed by atoms with Crippen LogP contribution in [-0.4, -0.2) is 17.6 Å². The number of alkyl halides is 1. The van der Waals surface area contributed by atoms with Crippen molar-refractivity contribution in [3.63, 3.8) is 0 Å². The van der Waals surface area contributed by atoms with E-state index in [1.165, 1.54) is 12.1 Å².